The Kier molecular flexibility index (Phi) is 7.36. The smallest absolute Gasteiger partial charge is 0.164 e. The van der Waals surface area contributed by atoms with E-state index in [1.807, 2.05) is 60.7 Å². The Balaban J connectivity index is 1.05. The average Bonchev–Trinajstić information content (AvgIpc) is 3.58. The van der Waals surface area contributed by atoms with Gasteiger partial charge in [0.15, 0.2) is 17.5 Å². The summed E-state index contributed by atoms with van der Waals surface area (Å²) >= 11 is 0. The molecule has 11 rings (SSSR count). The van der Waals surface area contributed by atoms with E-state index in [1.165, 1.54) is 44.8 Å². The minimum absolute atomic E-state index is 0.440. The number of benzene rings is 8. The van der Waals surface area contributed by atoms with Crippen LogP contribution in [0.5, 0.6) is 0 Å². The number of anilines is 3. The summed E-state index contributed by atoms with van der Waals surface area (Å²) in [5, 5.41) is 0. The molecule has 1 aliphatic heterocycles. The molecule has 0 atom stereocenters. The number of nitrogens with zero attached hydrogens (tertiary/aromatic N) is 4. The van der Waals surface area contributed by atoms with Gasteiger partial charge < -0.3 is 4.90 Å². The molecule has 4 nitrogen and oxygen atoms in total. The lowest BCUT2D eigenvalue weighted by Crippen LogP contribution is -2.36. The normalized spacial score (nSPS) is 13.1. The molecular formula is C52H34N4. The van der Waals surface area contributed by atoms with Crippen molar-refractivity contribution in [3.8, 4) is 56.4 Å². The van der Waals surface area contributed by atoms with Gasteiger partial charge in [-0.3, -0.25) is 0 Å². The maximum Gasteiger partial charge on any atom is 0.164 e. The first-order chi connectivity index (χ1) is 27.8. The first-order valence-corrected chi connectivity index (χ1v) is 19.0. The number of aromatic nitrogens is 3. The summed E-state index contributed by atoms with van der Waals surface area (Å²) in [6.07, 6.45) is 0. The van der Waals surface area contributed by atoms with Crippen molar-refractivity contribution in [3.05, 3.63) is 229 Å². The van der Waals surface area contributed by atoms with Gasteiger partial charge in [-0.1, -0.05) is 176 Å². The highest BCUT2D eigenvalue weighted by atomic mass is 15.2. The van der Waals surface area contributed by atoms with Crippen LogP contribution in [0.2, 0.25) is 0 Å². The lowest BCUT2D eigenvalue weighted by molar-refractivity contribution is 0.752. The molecule has 0 N–H and O–H groups in total. The quantitative estimate of drug-likeness (QED) is 0.178. The molecule has 1 aromatic heterocycles. The summed E-state index contributed by atoms with van der Waals surface area (Å²) in [6, 6.07) is 73.4. The van der Waals surface area contributed by atoms with Gasteiger partial charge in [0.1, 0.15) is 0 Å². The predicted octanol–water partition coefficient (Wildman–Crippen LogP) is 12.7. The van der Waals surface area contributed by atoms with Crippen LogP contribution in [-0.4, -0.2) is 15.0 Å². The molecule has 2 aliphatic rings. The Hall–Kier alpha value is -7.43. The maximum atomic E-state index is 5.01. The van der Waals surface area contributed by atoms with E-state index < -0.39 is 5.41 Å². The SMILES string of the molecule is c1ccc(-c2nc(-c3ccccc3)nc(-c3cccc(-c4cccc(N5c6ccccc6C6(c7ccccc7-c7ccccc76)c6ccccc65)c4)c3)n2)cc1. The van der Waals surface area contributed by atoms with E-state index >= 15 is 0 Å². The third-order valence-electron chi connectivity index (χ3n) is 11.3. The van der Waals surface area contributed by atoms with Crippen LogP contribution in [0.15, 0.2) is 206 Å². The zero-order chi connectivity index (χ0) is 37.1. The Labute approximate surface area is 326 Å². The topological polar surface area (TPSA) is 41.9 Å². The molecule has 0 bridgehead atoms. The monoisotopic (exact) mass is 714 g/mol. The van der Waals surface area contributed by atoms with Crippen LogP contribution >= 0.6 is 0 Å². The number of para-hydroxylation sites is 2. The Bertz CT molecular complexity index is 2780. The molecule has 0 saturated carbocycles. The molecule has 0 fully saturated rings. The van der Waals surface area contributed by atoms with E-state index in [4.69, 9.17) is 15.0 Å². The van der Waals surface area contributed by atoms with Crippen LogP contribution in [0.25, 0.3) is 56.4 Å². The highest BCUT2D eigenvalue weighted by Crippen LogP contribution is 2.63. The van der Waals surface area contributed by atoms with E-state index in [1.54, 1.807) is 0 Å². The fraction of sp³-hybridized carbons (Fsp3) is 0.0192. The van der Waals surface area contributed by atoms with Gasteiger partial charge in [-0.05, 0) is 74.8 Å². The van der Waals surface area contributed by atoms with E-state index in [9.17, 15) is 0 Å². The summed E-state index contributed by atoms with van der Waals surface area (Å²) < 4.78 is 0. The van der Waals surface area contributed by atoms with Crippen molar-refractivity contribution in [2.75, 3.05) is 4.90 Å². The third kappa shape index (κ3) is 4.89. The van der Waals surface area contributed by atoms with Gasteiger partial charge in [0.2, 0.25) is 0 Å². The molecule has 56 heavy (non-hydrogen) atoms. The van der Waals surface area contributed by atoms with Crippen LogP contribution in [0, 0.1) is 0 Å². The zero-order valence-electron chi connectivity index (χ0n) is 30.4. The molecule has 0 amide bonds. The molecule has 0 radical (unpaired) electrons. The Morgan fingerprint density at radius 1 is 0.304 bits per heavy atom. The van der Waals surface area contributed by atoms with Crippen LogP contribution in [0.3, 0.4) is 0 Å². The van der Waals surface area contributed by atoms with E-state index in [0.717, 1.165) is 33.5 Å². The van der Waals surface area contributed by atoms with Crippen molar-refractivity contribution in [3.63, 3.8) is 0 Å². The molecule has 1 aliphatic carbocycles. The fourth-order valence-electron chi connectivity index (χ4n) is 8.94. The van der Waals surface area contributed by atoms with Crippen LogP contribution in [0.4, 0.5) is 17.1 Å². The number of rotatable bonds is 5. The van der Waals surface area contributed by atoms with Crippen molar-refractivity contribution in [1.29, 1.82) is 0 Å². The first-order valence-electron chi connectivity index (χ1n) is 19.0. The fourth-order valence-corrected chi connectivity index (χ4v) is 8.94. The van der Waals surface area contributed by atoms with Crippen molar-refractivity contribution in [1.82, 2.24) is 15.0 Å². The molecule has 4 heteroatoms. The lowest BCUT2D eigenvalue weighted by atomic mass is 9.64. The van der Waals surface area contributed by atoms with E-state index in [-0.39, 0.29) is 0 Å². The summed E-state index contributed by atoms with van der Waals surface area (Å²) in [4.78, 5) is 17.4. The molecule has 1 spiro atoms. The molecule has 2 heterocycles. The molecule has 262 valence electrons. The second-order valence-electron chi connectivity index (χ2n) is 14.4. The van der Waals surface area contributed by atoms with Gasteiger partial charge in [-0.25, -0.2) is 15.0 Å². The van der Waals surface area contributed by atoms with Crippen molar-refractivity contribution < 1.29 is 0 Å². The van der Waals surface area contributed by atoms with E-state index in [2.05, 4.69) is 150 Å². The molecular weight excluding hydrogens is 681 g/mol. The van der Waals surface area contributed by atoms with Crippen LogP contribution < -0.4 is 4.90 Å². The van der Waals surface area contributed by atoms with Crippen molar-refractivity contribution in [2.45, 2.75) is 5.41 Å². The van der Waals surface area contributed by atoms with Crippen molar-refractivity contribution >= 4 is 17.1 Å². The minimum atomic E-state index is -0.440. The zero-order valence-corrected chi connectivity index (χ0v) is 30.4. The number of fused-ring (bicyclic) bond motifs is 9. The second kappa shape index (κ2) is 12.9. The first kappa shape index (κ1) is 32.0. The maximum absolute atomic E-state index is 5.01. The Morgan fingerprint density at radius 3 is 1.25 bits per heavy atom. The average molecular weight is 715 g/mol. The van der Waals surface area contributed by atoms with Gasteiger partial charge in [-0.15, -0.1) is 0 Å². The summed E-state index contributed by atoms with van der Waals surface area (Å²) in [5.41, 5.74) is 15.8. The number of hydrogen-bond acceptors (Lipinski definition) is 4. The molecule has 9 aromatic rings. The second-order valence-corrected chi connectivity index (χ2v) is 14.4. The number of hydrogen-bond donors (Lipinski definition) is 0. The predicted molar refractivity (Wildman–Crippen MR) is 227 cm³/mol. The third-order valence-corrected chi connectivity index (χ3v) is 11.3. The summed E-state index contributed by atoms with van der Waals surface area (Å²) in [5.74, 6) is 1.93. The standard InChI is InChI=1S/C52H34N4/c1-3-17-35(18-4-1)49-53-50(36-19-5-2-6-20-36)55-51(54-49)39-23-15-21-37(33-39)38-22-16-24-40(34-38)56-47-31-13-11-29-45(47)52(46-30-12-14-32-48(46)56)43-27-9-7-25-41(43)42-26-8-10-28-44(42)52/h1-34H. The Morgan fingerprint density at radius 2 is 0.696 bits per heavy atom. The van der Waals surface area contributed by atoms with Gasteiger partial charge in [0.25, 0.3) is 0 Å². The van der Waals surface area contributed by atoms with Crippen LogP contribution in [-0.2, 0) is 5.41 Å². The highest BCUT2D eigenvalue weighted by molar-refractivity contribution is 5.96. The summed E-state index contributed by atoms with van der Waals surface area (Å²) in [7, 11) is 0. The largest absolute Gasteiger partial charge is 0.310 e. The van der Waals surface area contributed by atoms with Crippen molar-refractivity contribution in [2.24, 2.45) is 0 Å². The summed E-state index contributed by atoms with van der Waals surface area (Å²) in [6.45, 7) is 0. The highest BCUT2D eigenvalue weighted by Gasteiger charge is 2.51. The van der Waals surface area contributed by atoms with Gasteiger partial charge in [0.05, 0.1) is 16.8 Å². The van der Waals surface area contributed by atoms with E-state index in [0.29, 0.717) is 17.5 Å². The minimum Gasteiger partial charge on any atom is -0.310 e. The molecule has 0 saturated heterocycles. The van der Waals surface area contributed by atoms with Crippen LogP contribution in [0.1, 0.15) is 22.3 Å². The molecule has 0 unspecified atom stereocenters. The molecule has 8 aromatic carbocycles. The lowest BCUT2D eigenvalue weighted by Gasteiger charge is -2.45. The van der Waals surface area contributed by atoms with Gasteiger partial charge in [0, 0.05) is 22.4 Å². The van der Waals surface area contributed by atoms with Gasteiger partial charge in [-0.2, -0.15) is 0 Å². The van der Waals surface area contributed by atoms with Gasteiger partial charge >= 0.3 is 0 Å².